The van der Waals surface area contributed by atoms with Crippen molar-refractivity contribution in [1.82, 2.24) is 4.90 Å². The number of unbranched alkanes of at least 4 members (excludes halogenated alkanes) is 1. The smallest absolute Gasteiger partial charge is 0.337 e. The summed E-state index contributed by atoms with van der Waals surface area (Å²) in [5.41, 5.74) is 5.17. The zero-order valence-electron chi connectivity index (χ0n) is 10.5. The van der Waals surface area contributed by atoms with Gasteiger partial charge in [0.05, 0.1) is 6.04 Å². The summed E-state index contributed by atoms with van der Waals surface area (Å²) in [6, 6.07) is -0.592. The minimum Gasteiger partial charge on any atom is -0.337 e. The van der Waals surface area contributed by atoms with Crippen LogP contribution in [0.3, 0.4) is 0 Å². The summed E-state index contributed by atoms with van der Waals surface area (Å²) in [5, 5.41) is 0. The van der Waals surface area contributed by atoms with Crippen LogP contribution in [0.1, 0.15) is 32.6 Å². The van der Waals surface area contributed by atoms with Crippen molar-refractivity contribution in [3.05, 3.63) is 11.6 Å². The zero-order valence-corrected chi connectivity index (χ0v) is 10.5. The molecule has 0 aromatic carbocycles. The molecule has 0 aromatic rings. The quantitative estimate of drug-likeness (QED) is 0.791. The summed E-state index contributed by atoms with van der Waals surface area (Å²) < 4.78 is 37.2. The lowest BCUT2D eigenvalue weighted by atomic mass is 10.1. The Kier molecular flexibility index (Phi) is 5.19. The molecule has 0 aromatic heterocycles. The van der Waals surface area contributed by atoms with E-state index < -0.39 is 17.8 Å². The maximum absolute atomic E-state index is 12.4. The molecule has 18 heavy (non-hydrogen) atoms. The normalized spacial score (nSPS) is 18.5. The van der Waals surface area contributed by atoms with Gasteiger partial charge in [0.1, 0.15) is 0 Å². The lowest BCUT2D eigenvalue weighted by Gasteiger charge is -2.29. The first kappa shape index (κ1) is 15.0. The van der Waals surface area contributed by atoms with E-state index in [2.05, 4.69) is 0 Å². The van der Waals surface area contributed by atoms with E-state index in [0.29, 0.717) is 6.42 Å². The lowest BCUT2D eigenvalue weighted by molar-refractivity contribution is -0.133. The van der Waals surface area contributed by atoms with Crippen LogP contribution in [0.25, 0.3) is 0 Å². The summed E-state index contributed by atoms with van der Waals surface area (Å²) in [7, 11) is 0. The Hall–Kier alpha value is -1.04. The molecule has 1 aliphatic rings. The van der Waals surface area contributed by atoms with Crippen LogP contribution in [0.2, 0.25) is 0 Å². The van der Waals surface area contributed by atoms with E-state index in [-0.39, 0.29) is 25.4 Å². The Morgan fingerprint density at radius 2 is 2.22 bits per heavy atom. The van der Waals surface area contributed by atoms with E-state index in [1.807, 2.05) is 6.92 Å². The van der Waals surface area contributed by atoms with Gasteiger partial charge in [-0.25, -0.2) is 0 Å². The van der Waals surface area contributed by atoms with Gasteiger partial charge in [-0.15, -0.1) is 0 Å². The third-order valence-electron chi connectivity index (χ3n) is 3.07. The number of amides is 1. The Balaban J connectivity index is 2.52. The van der Waals surface area contributed by atoms with E-state index in [1.54, 1.807) is 0 Å². The second-order valence-electron chi connectivity index (χ2n) is 4.51. The van der Waals surface area contributed by atoms with E-state index in [4.69, 9.17) is 5.73 Å². The molecule has 0 saturated heterocycles. The summed E-state index contributed by atoms with van der Waals surface area (Å²) in [6.45, 7) is 2.11. The molecule has 1 atom stereocenters. The van der Waals surface area contributed by atoms with E-state index in [0.717, 1.165) is 18.9 Å². The van der Waals surface area contributed by atoms with Crippen molar-refractivity contribution < 1.29 is 18.0 Å². The third kappa shape index (κ3) is 4.01. The van der Waals surface area contributed by atoms with Gasteiger partial charge in [-0.1, -0.05) is 25.8 Å². The first-order valence-electron chi connectivity index (χ1n) is 6.16. The highest BCUT2D eigenvalue weighted by atomic mass is 19.4. The Morgan fingerprint density at radius 1 is 1.56 bits per heavy atom. The van der Waals surface area contributed by atoms with Gasteiger partial charge in [-0.3, -0.25) is 4.79 Å². The van der Waals surface area contributed by atoms with Crippen LogP contribution in [0, 0.1) is 0 Å². The minimum absolute atomic E-state index is 0.00744. The molecule has 6 heteroatoms. The summed E-state index contributed by atoms with van der Waals surface area (Å²) in [6.07, 6.45) is -0.964. The standard InChI is InChI=1S/C12H19F3N2O/c1-2-3-4-10(16)11(18)17-7-5-9(6-8-17)12(13,14)15/h5,10H,2-4,6-8,16H2,1H3. The van der Waals surface area contributed by atoms with Crippen molar-refractivity contribution in [2.75, 3.05) is 13.1 Å². The predicted molar refractivity (Wildman–Crippen MR) is 62.8 cm³/mol. The first-order chi connectivity index (χ1) is 8.36. The summed E-state index contributed by atoms with van der Waals surface area (Å²) >= 11 is 0. The Morgan fingerprint density at radius 3 is 2.67 bits per heavy atom. The summed E-state index contributed by atoms with van der Waals surface area (Å²) in [5.74, 6) is -0.249. The largest absolute Gasteiger partial charge is 0.412 e. The maximum Gasteiger partial charge on any atom is 0.412 e. The molecular formula is C12H19F3N2O. The van der Waals surface area contributed by atoms with Gasteiger partial charge in [0.25, 0.3) is 0 Å². The predicted octanol–water partition coefficient (Wildman–Crippen LogP) is 2.22. The monoisotopic (exact) mass is 264 g/mol. The molecule has 0 saturated carbocycles. The second-order valence-corrected chi connectivity index (χ2v) is 4.51. The van der Waals surface area contributed by atoms with Crippen LogP contribution < -0.4 is 5.73 Å². The van der Waals surface area contributed by atoms with Crippen LogP contribution in [-0.4, -0.2) is 36.1 Å². The maximum atomic E-state index is 12.4. The molecule has 0 fully saturated rings. The first-order valence-corrected chi connectivity index (χ1v) is 6.16. The van der Waals surface area contributed by atoms with Gasteiger partial charge in [0, 0.05) is 18.7 Å². The number of carbonyl (C=O) groups is 1. The number of nitrogens with zero attached hydrogens (tertiary/aromatic N) is 1. The molecular weight excluding hydrogens is 245 g/mol. The molecule has 1 aliphatic heterocycles. The minimum atomic E-state index is -4.28. The van der Waals surface area contributed by atoms with Gasteiger partial charge >= 0.3 is 6.18 Å². The average Bonchev–Trinajstić information content (AvgIpc) is 2.34. The molecule has 1 unspecified atom stereocenters. The SMILES string of the molecule is CCCCC(N)C(=O)N1CC=C(C(F)(F)F)CC1. The topological polar surface area (TPSA) is 46.3 Å². The molecule has 2 N–H and O–H groups in total. The molecule has 0 bridgehead atoms. The van der Waals surface area contributed by atoms with E-state index >= 15 is 0 Å². The fraction of sp³-hybridized carbons (Fsp3) is 0.750. The van der Waals surface area contributed by atoms with Crippen LogP contribution in [0.4, 0.5) is 13.2 Å². The van der Waals surface area contributed by atoms with Gasteiger partial charge in [0.15, 0.2) is 0 Å². The van der Waals surface area contributed by atoms with Crippen LogP contribution in [-0.2, 0) is 4.79 Å². The zero-order chi connectivity index (χ0) is 13.8. The van der Waals surface area contributed by atoms with E-state index in [9.17, 15) is 18.0 Å². The number of carbonyl (C=O) groups excluding carboxylic acids is 1. The molecule has 1 rings (SSSR count). The number of hydrogen-bond acceptors (Lipinski definition) is 2. The fourth-order valence-electron chi connectivity index (χ4n) is 1.91. The Bertz CT molecular complexity index is 326. The summed E-state index contributed by atoms with van der Waals surface area (Å²) in [4.78, 5) is 13.2. The highest BCUT2D eigenvalue weighted by molar-refractivity contribution is 5.81. The van der Waals surface area contributed by atoms with Gasteiger partial charge < -0.3 is 10.6 Å². The Labute approximate surface area is 105 Å². The number of hydrogen-bond donors (Lipinski definition) is 1. The van der Waals surface area contributed by atoms with Crippen molar-refractivity contribution in [2.45, 2.75) is 44.8 Å². The van der Waals surface area contributed by atoms with Crippen LogP contribution >= 0.6 is 0 Å². The molecule has 0 aliphatic carbocycles. The molecule has 1 heterocycles. The van der Waals surface area contributed by atoms with Crippen LogP contribution in [0.15, 0.2) is 11.6 Å². The molecule has 104 valence electrons. The van der Waals surface area contributed by atoms with Crippen molar-refractivity contribution >= 4 is 5.91 Å². The van der Waals surface area contributed by atoms with Gasteiger partial charge in [-0.2, -0.15) is 13.2 Å². The highest BCUT2D eigenvalue weighted by Crippen LogP contribution is 2.30. The van der Waals surface area contributed by atoms with Crippen LogP contribution in [0.5, 0.6) is 0 Å². The van der Waals surface area contributed by atoms with Crippen molar-refractivity contribution in [3.63, 3.8) is 0 Å². The number of nitrogens with two attached hydrogens (primary N) is 1. The highest BCUT2D eigenvalue weighted by Gasteiger charge is 2.35. The van der Waals surface area contributed by atoms with Crippen molar-refractivity contribution in [1.29, 1.82) is 0 Å². The molecule has 1 amide bonds. The van der Waals surface area contributed by atoms with E-state index in [1.165, 1.54) is 4.90 Å². The van der Waals surface area contributed by atoms with Gasteiger partial charge in [0.2, 0.25) is 5.91 Å². The number of rotatable bonds is 4. The number of alkyl halides is 3. The second kappa shape index (κ2) is 6.22. The molecule has 3 nitrogen and oxygen atoms in total. The van der Waals surface area contributed by atoms with Crippen molar-refractivity contribution in [2.24, 2.45) is 5.73 Å². The van der Waals surface area contributed by atoms with Gasteiger partial charge in [-0.05, 0) is 12.8 Å². The fourth-order valence-corrected chi connectivity index (χ4v) is 1.91. The number of halogens is 3. The third-order valence-corrected chi connectivity index (χ3v) is 3.07. The molecule has 0 radical (unpaired) electrons. The van der Waals surface area contributed by atoms with Crippen molar-refractivity contribution in [3.8, 4) is 0 Å². The average molecular weight is 264 g/mol. The molecule has 0 spiro atoms. The lowest BCUT2D eigenvalue weighted by Crippen LogP contribution is -2.46.